The average molecular weight is 430 g/mol. The molecule has 1 saturated carbocycles. The van der Waals surface area contributed by atoms with Crippen LogP contribution in [0.25, 0.3) is 6.08 Å². The van der Waals surface area contributed by atoms with E-state index in [2.05, 4.69) is 25.7 Å². The minimum absolute atomic E-state index is 0.345. The van der Waals surface area contributed by atoms with Gasteiger partial charge < -0.3 is 15.0 Å². The third-order valence-corrected chi connectivity index (χ3v) is 6.35. The number of hydrogen-bond donors (Lipinski definition) is 2. The van der Waals surface area contributed by atoms with Gasteiger partial charge in [0.05, 0.1) is 18.1 Å². The molecule has 2 N–H and O–H groups in total. The van der Waals surface area contributed by atoms with Crippen molar-refractivity contribution in [2.24, 2.45) is 5.92 Å². The lowest BCUT2D eigenvalue weighted by molar-refractivity contribution is -0.198. The van der Waals surface area contributed by atoms with Gasteiger partial charge in [0.1, 0.15) is 5.82 Å². The minimum atomic E-state index is -0.356. The molecular formula is C23H35N5O3. The van der Waals surface area contributed by atoms with Crippen LogP contribution in [-0.4, -0.2) is 59.3 Å². The molecule has 0 aromatic carbocycles. The largest absolute Gasteiger partial charge is 0.365 e. The second-order valence-corrected chi connectivity index (χ2v) is 8.93. The summed E-state index contributed by atoms with van der Waals surface area (Å²) in [6, 6.07) is 0.413. The predicted octanol–water partition coefficient (Wildman–Crippen LogP) is 3.13. The maximum Gasteiger partial charge on any atom is 0.267 e. The van der Waals surface area contributed by atoms with Crippen LogP contribution in [0, 0.1) is 5.92 Å². The summed E-state index contributed by atoms with van der Waals surface area (Å²) in [6.45, 7) is 4.20. The van der Waals surface area contributed by atoms with Gasteiger partial charge in [-0.25, -0.2) is 15.3 Å². The number of aromatic nitrogens is 2. The third kappa shape index (κ3) is 7.26. The molecule has 8 nitrogen and oxygen atoms in total. The molecular weight excluding hydrogens is 394 g/mol. The van der Waals surface area contributed by atoms with Crippen LogP contribution in [0.3, 0.4) is 0 Å². The second kappa shape index (κ2) is 11.5. The summed E-state index contributed by atoms with van der Waals surface area (Å²) < 4.78 is 5.41. The SMILES string of the molecule is O=C(/C=C/c1cnc(N[C@@H]2CCCN(CC3CCCC3)C2)cn1)NOC1CCCCO1. The highest BCUT2D eigenvalue weighted by molar-refractivity contribution is 5.90. The van der Waals surface area contributed by atoms with Gasteiger partial charge in [-0.05, 0) is 57.1 Å². The highest BCUT2D eigenvalue weighted by Gasteiger charge is 2.24. The lowest BCUT2D eigenvalue weighted by Crippen LogP contribution is -2.43. The second-order valence-electron chi connectivity index (χ2n) is 8.93. The van der Waals surface area contributed by atoms with Gasteiger partial charge in [0, 0.05) is 38.2 Å². The van der Waals surface area contributed by atoms with E-state index in [9.17, 15) is 4.79 Å². The number of carbonyl (C=O) groups is 1. The molecule has 1 unspecified atom stereocenters. The molecule has 0 radical (unpaired) electrons. The van der Waals surface area contributed by atoms with E-state index in [1.807, 2.05) is 0 Å². The van der Waals surface area contributed by atoms with Gasteiger partial charge in [-0.3, -0.25) is 9.78 Å². The Kier molecular flexibility index (Phi) is 8.26. The summed E-state index contributed by atoms with van der Waals surface area (Å²) in [5.74, 6) is 1.33. The van der Waals surface area contributed by atoms with Crippen molar-refractivity contribution in [3.8, 4) is 0 Å². The Morgan fingerprint density at radius 1 is 1.13 bits per heavy atom. The number of piperidine rings is 1. The number of carbonyl (C=O) groups excluding carboxylic acids is 1. The molecule has 0 spiro atoms. The van der Waals surface area contributed by atoms with Crippen molar-refractivity contribution in [3.05, 3.63) is 24.2 Å². The fourth-order valence-electron chi connectivity index (χ4n) is 4.73. The first-order valence-electron chi connectivity index (χ1n) is 11.8. The molecule has 1 aromatic rings. The summed E-state index contributed by atoms with van der Waals surface area (Å²) in [5, 5.41) is 3.53. The summed E-state index contributed by atoms with van der Waals surface area (Å²) in [7, 11) is 0. The van der Waals surface area contributed by atoms with Crippen molar-refractivity contribution < 1.29 is 14.4 Å². The van der Waals surface area contributed by atoms with Gasteiger partial charge in [0.15, 0.2) is 6.29 Å². The standard InChI is InChI=1S/C23H35N5O3/c29-22(27-31-23-9-3-4-13-30-23)11-10-19-14-25-21(15-24-19)26-20-8-5-12-28(17-20)16-18-6-1-2-7-18/h10-11,14-15,18,20,23H,1-9,12-13,16-17H2,(H,25,26)(H,27,29)/b11-10+/t20-,23?/m1/s1. The first-order chi connectivity index (χ1) is 15.2. The molecule has 2 saturated heterocycles. The predicted molar refractivity (Wildman–Crippen MR) is 119 cm³/mol. The number of rotatable bonds is 8. The fraction of sp³-hybridized carbons (Fsp3) is 0.696. The van der Waals surface area contributed by atoms with E-state index >= 15 is 0 Å². The maximum absolute atomic E-state index is 11.9. The van der Waals surface area contributed by atoms with Crippen molar-refractivity contribution in [3.63, 3.8) is 0 Å². The molecule has 2 aliphatic heterocycles. The van der Waals surface area contributed by atoms with Crippen LogP contribution in [0.1, 0.15) is 63.5 Å². The minimum Gasteiger partial charge on any atom is -0.365 e. The molecule has 3 fully saturated rings. The number of anilines is 1. The van der Waals surface area contributed by atoms with Crippen LogP contribution in [-0.2, 0) is 14.4 Å². The van der Waals surface area contributed by atoms with Crippen LogP contribution < -0.4 is 10.8 Å². The van der Waals surface area contributed by atoms with Crippen LogP contribution >= 0.6 is 0 Å². The number of hydroxylamine groups is 1. The highest BCUT2D eigenvalue weighted by atomic mass is 16.8. The zero-order valence-electron chi connectivity index (χ0n) is 18.3. The number of nitrogens with zero attached hydrogens (tertiary/aromatic N) is 3. The van der Waals surface area contributed by atoms with E-state index in [-0.39, 0.29) is 12.2 Å². The molecule has 170 valence electrons. The smallest absolute Gasteiger partial charge is 0.267 e. The van der Waals surface area contributed by atoms with Gasteiger partial charge in [0.2, 0.25) is 0 Å². The Bertz CT molecular complexity index is 714. The first kappa shape index (κ1) is 22.2. The van der Waals surface area contributed by atoms with Gasteiger partial charge >= 0.3 is 0 Å². The van der Waals surface area contributed by atoms with Crippen LogP contribution in [0.15, 0.2) is 18.5 Å². The van der Waals surface area contributed by atoms with Crippen molar-refractivity contribution in [2.45, 2.75) is 70.1 Å². The topological polar surface area (TPSA) is 88.6 Å². The van der Waals surface area contributed by atoms with E-state index in [1.165, 1.54) is 51.3 Å². The lowest BCUT2D eigenvalue weighted by atomic mass is 10.0. The molecule has 1 aliphatic carbocycles. The van der Waals surface area contributed by atoms with Crippen molar-refractivity contribution in [1.29, 1.82) is 0 Å². The molecule has 31 heavy (non-hydrogen) atoms. The Hall–Kier alpha value is -2.03. The van der Waals surface area contributed by atoms with E-state index < -0.39 is 0 Å². The molecule has 0 bridgehead atoms. The van der Waals surface area contributed by atoms with Crippen LogP contribution in [0.4, 0.5) is 5.82 Å². The zero-order chi connectivity index (χ0) is 21.3. The summed E-state index contributed by atoms with van der Waals surface area (Å²) in [6.07, 6.45) is 16.9. The van der Waals surface area contributed by atoms with E-state index in [4.69, 9.17) is 9.57 Å². The Balaban J connectivity index is 1.19. The fourth-order valence-corrected chi connectivity index (χ4v) is 4.73. The van der Waals surface area contributed by atoms with Gasteiger partial charge in [0.25, 0.3) is 5.91 Å². The van der Waals surface area contributed by atoms with Gasteiger partial charge in [-0.2, -0.15) is 0 Å². The van der Waals surface area contributed by atoms with Gasteiger partial charge in [-0.15, -0.1) is 0 Å². The number of likely N-dealkylation sites (tertiary alicyclic amines) is 1. The molecule has 2 atom stereocenters. The molecule has 1 aromatic heterocycles. The average Bonchev–Trinajstić information content (AvgIpc) is 3.31. The summed E-state index contributed by atoms with van der Waals surface area (Å²) >= 11 is 0. The Labute approximate surface area is 184 Å². The molecule has 3 heterocycles. The lowest BCUT2D eigenvalue weighted by Gasteiger charge is -2.34. The molecule has 4 rings (SSSR count). The van der Waals surface area contributed by atoms with E-state index in [1.54, 1.807) is 18.5 Å². The van der Waals surface area contributed by atoms with E-state index in [0.29, 0.717) is 18.3 Å². The zero-order valence-corrected chi connectivity index (χ0v) is 18.3. The van der Waals surface area contributed by atoms with Gasteiger partial charge in [-0.1, -0.05) is 12.8 Å². The number of amides is 1. The normalized spacial score (nSPS) is 25.7. The monoisotopic (exact) mass is 429 g/mol. The highest BCUT2D eigenvalue weighted by Crippen LogP contribution is 2.26. The van der Waals surface area contributed by atoms with E-state index in [0.717, 1.165) is 44.0 Å². The summed E-state index contributed by atoms with van der Waals surface area (Å²) in [4.78, 5) is 28.6. The van der Waals surface area contributed by atoms with Crippen molar-refractivity contribution >= 4 is 17.8 Å². The van der Waals surface area contributed by atoms with Crippen molar-refractivity contribution in [1.82, 2.24) is 20.3 Å². The van der Waals surface area contributed by atoms with Crippen molar-refractivity contribution in [2.75, 3.05) is 31.6 Å². The summed E-state index contributed by atoms with van der Waals surface area (Å²) in [5.41, 5.74) is 3.03. The maximum atomic E-state index is 11.9. The molecule has 1 amide bonds. The Morgan fingerprint density at radius 2 is 2.00 bits per heavy atom. The number of ether oxygens (including phenoxy) is 1. The number of nitrogens with one attached hydrogen (secondary N) is 2. The molecule has 8 heteroatoms. The van der Waals surface area contributed by atoms with Crippen LogP contribution in [0.5, 0.6) is 0 Å². The first-order valence-corrected chi connectivity index (χ1v) is 11.8. The Morgan fingerprint density at radius 3 is 2.77 bits per heavy atom. The quantitative estimate of drug-likeness (QED) is 0.485. The molecule has 3 aliphatic rings. The third-order valence-electron chi connectivity index (χ3n) is 6.35. The van der Waals surface area contributed by atoms with Crippen LogP contribution in [0.2, 0.25) is 0 Å². The number of hydrogen-bond acceptors (Lipinski definition) is 7.